The first kappa shape index (κ1) is 19.7. The Morgan fingerprint density at radius 3 is 2.54 bits per heavy atom. The lowest BCUT2D eigenvalue weighted by Crippen LogP contribution is -2.30. The van der Waals surface area contributed by atoms with Crippen LogP contribution in [0, 0.1) is 0 Å². The lowest BCUT2D eigenvalue weighted by Gasteiger charge is -2.10. The van der Waals surface area contributed by atoms with Gasteiger partial charge in [0.1, 0.15) is 4.88 Å². The van der Waals surface area contributed by atoms with Crippen LogP contribution < -0.4 is 14.8 Å². The first-order chi connectivity index (χ1) is 13.6. The van der Waals surface area contributed by atoms with E-state index in [1.54, 1.807) is 20.3 Å². The van der Waals surface area contributed by atoms with E-state index in [4.69, 9.17) is 14.2 Å². The predicted octanol–water partition coefficient (Wildman–Crippen LogP) is 3.43. The van der Waals surface area contributed by atoms with E-state index >= 15 is 0 Å². The minimum atomic E-state index is -0.490. The second kappa shape index (κ2) is 9.23. The number of carbonyl (C=O) groups is 2. The fraction of sp³-hybridized carbons (Fsp3) is 0.238. The molecule has 1 N–H and O–H groups in total. The van der Waals surface area contributed by atoms with E-state index in [0.29, 0.717) is 29.3 Å². The molecule has 2 aromatic carbocycles. The molecule has 6 nitrogen and oxygen atoms in total. The molecule has 0 aliphatic carbocycles. The summed E-state index contributed by atoms with van der Waals surface area (Å²) in [5, 5.41) is 3.73. The SMILES string of the molecule is COc1ccc(CCNC(=O)COC(=O)c2cc3ccccc3s2)cc1OC. The minimum absolute atomic E-state index is 0.307. The fourth-order valence-corrected chi connectivity index (χ4v) is 3.67. The van der Waals surface area contributed by atoms with Crippen LogP contribution in [0.4, 0.5) is 0 Å². The van der Waals surface area contributed by atoms with Crippen LogP contribution >= 0.6 is 11.3 Å². The maximum absolute atomic E-state index is 12.1. The summed E-state index contributed by atoms with van der Waals surface area (Å²) in [4.78, 5) is 24.5. The van der Waals surface area contributed by atoms with E-state index in [1.165, 1.54) is 11.3 Å². The van der Waals surface area contributed by atoms with E-state index in [9.17, 15) is 9.59 Å². The highest BCUT2D eigenvalue weighted by Crippen LogP contribution is 2.27. The first-order valence-electron chi connectivity index (χ1n) is 8.74. The molecule has 0 aliphatic rings. The van der Waals surface area contributed by atoms with Crippen LogP contribution in [0.1, 0.15) is 15.2 Å². The van der Waals surface area contributed by atoms with Crippen LogP contribution in [-0.4, -0.2) is 39.2 Å². The largest absolute Gasteiger partial charge is 0.493 e. The van der Waals surface area contributed by atoms with E-state index < -0.39 is 5.97 Å². The topological polar surface area (TPSA) is 73.9 Å². The molecular formula is C21H21NO5S. The maximum Gasteiger partial charge on any atom is 0.348 e. The highest BCUT2D eigenvalue weighted by Gasteiger charge is 2.13. The average molecular weight is 399 g/mol. The number of hydrogen-bond donors (Lipinski definition) is 1. The first-order valence-corrected chi connectivity index (χ1v) is 9.55. The molecule has 0 saturated heterocycles. The number of thiophene rings is 1. The molecule has 7 heteroatoms. The van der Waals surface area contributed by atoms with Crippen LogP contribution in [0.5, 0.6) is 11.5 Å². The van der Waals surface area contributed by atoms with Crippen molar-refractivity contribution < 1.29 is 23.8 Å². The number of nitrogens with one attached hydrogen (secondary N) is 1. The van der Waals surface area contributed by atoms with Crippen molar-refractivity contribution in [2.24, 2.45) is 0 Å². The zero-order valence-electron chi connectivity index (χ0n) is 15.7. The van der Waals surface area contributed by atoms with Crippen molar-refractivity contribution in [2.75, 3.05) is 27.4 Å². The number of esters is 1. The Hall–Kier alpha value is -3.06. The predicted molar refractivity (Wildman–Crippen MR) is 108 cm³/mol. The van der Waals surface area contributed by atoms with Gasteiger partial charge in [0, 0.05) is 11.2 Å². The van der Waals surface area contributed by atoms with Crippen molar-refractivity contribution in [3.8, 4) is 11.5 Å². The molecule has 28 heavy (non-hydrogen) atoms. The van der Waals surface area contributed by atoms with Crippen LogP contribution in [0.25, 0.3) is 10.1 Å². The number of amides is 1. The van der Waals surface area contributed by atoms with E-state index in [-0.39, 0.29) is 12.5 Å². The van der Waals surface area contributed by atoms with Gasteiger partial charge >= 0.3 is 5.97 Å². The van der Waals surface area contributed by atoms with Gasteiger partial charge in [0.2, 0.25) is 0 Å². The highest BCUT2D eigenvalue weighted by molar-refractivity contribution is 7.20. The number of ether oxygens (including phenoxy) is 3. The molecule has 0 spiro atoms. The summed E-state index contributed by atoms with van der Waals surface area (Å²) < 4.78 is 16.6. The molecule has 0 aliphatic heterocycles. The number of fused-ring (bicyclic) bond motifs is 1. The fourth-order valence-electron chi connectivity index (χ4n) is 2.72. The van der Waals surface area contributed by atoms with Crippen molar-refractivity contribution in [1.82, 2.24) is 5.32 Å². The van der Waals surface area contributed by atoms with Gasteiger partial charge in [-0.05, 0) is 41.6 Å². The maximum atomic E-state index is 12.1. The van der Waals surface area contributed by atoms with Gasteiger partial charge in [-0.3, -0.25) is 4.79 Å². The van der Waals surface area contributed by atoms with E-state index in [0.717, 1.165) is 15.6 Å². The number of hydrogen-bond acceptors (Lipinski definition) is 6. The zero-order chi connectivity index (χ0) is 19.9. The van der Waals surface area contributed by atoms with Gasteiger partial charge in [-0.2, -0.15) is 0 Å². The van der Waals surface area contributed by atoms with Gasteiger partial charge in [0.05, 0.1) is 14.2 Å². The Morgan fingerprint density at radius 2 is 1.79 bits per heavy atom. The third-order valence-corrected chi connectivity index (χ3v) is 5.24. The Balaban J connectivity index is 1.45. The number of benzene rings is 2. The van der Waals surface area contributed by atoms with Crippen molar-refractivity contribution >= 4 is 33.3 Å². The van der Waals surface area contributed by atoms with Crippen LogP contribution in [0.3, 0.4) is 0 Å². The van der Waals surface area contributed by atoms with Crippen molar-refractivity contribution in [3.05, 3.63) is 59.0 Å². The van der Waals surface area contributed by atoms with Gasteiger partial charge in [-0.15, -0.1) is 11.3 Å². The molecule has 1 aromatic heterocycles. The Kier molecular flexibility index (Phi) is 6.49. The Labute approximate surface area is 167 Å². The highest BCUT2D eigenvalue weighted by atomic mass is 32.1. The molecule has 0 fully saturated rings. The van der Waals surface area contributed by atoms with E-state index in [1.807, 2.05) is 42.5 Å². The summed E-state index contributed by atoms with van der Waals surface area (Å²) in [7, 11) is 3.16. The standard InChI is InChI=1S/C21H21NO5S/c1-25-16-8-7-14(11-17(16)26-2)9-10-22-20(23)13-27-21(24)19-12-15-5-3-4-6-18(15)28-19/h3-8,11-12H,9-10,13H2,1-2H3,(H,22,23). The molecule has 0 saturated carbocycles. The molecule has 3 aromatic rings. The van der Waals surface area contributed by atoms with Gasteiger partial charge in [-0.1, -0.05) is 24.3 Å². The van der Waals surface area contributed by atoms with Crippen molar-refractivity contribution in [1.29, 1.82) is 0 Å². The molecule has 0 radical (unpaired) electrons. The van der Waals surface area contributed by atoms with Crippen molar-refractivity contribution in [2.45, 2.75) is 6.42 Å². The van der Waals surface area contributed by atoms with Crippen LogP contribution in [-0.2, 0) is 16.0 Å². The molecule has 0 unspecified atom stereocenters. The lowest BCUT2D eigenvalue weighted by atomic mass is 10.1. The molecule has 146 valence electrons. The quantitative estimate of drug-likeness (QED) is 0.588. The van der Waals surface area contributed by atoms with E-state index in [2.05, 4.69) is 5.32 Å². The van der Waals surface area contributed by atoms with Crippen molar-refractivity contribution in [3.63, 3.8) is 0 Å². The summed E-state index contributed by atoms with van der Waals surface area (Å²) in [5.74, 6) is 0.471. The monoisotopic (exact) mass is 399 g/mol. The molecule has 0 bridgehead atoms. The summed E-state index contributed by atoms with van der Waals surface area (Å²) in [6.45, 7) is 0.119. The molecule has 1 amide bonds. The van der Waals surface area contributed by atoms with Crippen LogP contribution in [0.2, 0.25) is 0 Å². The summed E-state index contributed by atoms with van der Waals surface area (Å²) in [6, 6.07) is 15.1. The third-order valence-electron chi connectivity index (χ3n) is 4.14. The zero-order valence-corrected chi connectivity index (χ0v) is 16.5. The van der Waals surface area contributed by atoms with Crippen LogP contribution in [0.15, 0.2) is 48.5 Å². The second-order valence-electron chi connectivity index (χ2n) is 6.01. The third kappa shape index (κ3) is 4.80. The summed E-state index contributed by atoms with van der Waals surface area (Å²) in [5.41, 5.74) is 1.00. The Morgan fingerprint density at radius 1 is 1.00 bits per heavy atom. The van der Waals surface area contributed by atoms with Gasteiger partial charge < -0.3 is 19.5 Å². The number of methoxy groups -OCH3 is 2. The van der Waals surface area contributed by atoms with Gasteiger partial charge in [0.15, 0.2) is 18.1 Å². The van der Waals surface area contributed by atoms with Gasteiger partial charge in [-0.25, -0.2) is 4.79 Å². The molecular weight excluding hydrogens is 378 g/mol. The summed E-state index contributed by atoms with van der Waals surface area (Å²) >= 11 is 1.35. The summed E-state index contributed by atoms with van der Waals surface area (Å²) in [6.07, 6.45) is 0.621. The smallest absolute Gasteiger partial charge is 0.348 e. The van der Waals surface area contributed by atoms with Gasteiger partial charge in [0.25, 0.3) is 5.91 Å². The molecule has 1 heterocycles. The second-order valence-corrected chi connectivity index (χ2v) is 7.10. The average Bonchev–Trinajstić information content (AvgIpc) is 3.16. The Bertz CT molecular complexity index is 949. The normalized spacial score (nSPS) is 10.5. The lowest BCUT2D eigenvalue weighted by molar-refractivity contribution is -0.124. The number of carbonyl (C=O) groups excluding carboxylic acids is 2. The molecule has 3 rings (SSSR count). The number of rotatable bonds is 8. The molecule has 0 atom stereocenters. The minimum Gasteiger partial charge on any atom is -0.493 e.